The van der Waals surface area contributed by atoms with Crippen LogP contribution in [0.4, 0.5) is 5.69 Å². The largest absolute Gasteiger partial charge is 0.377 e. The quantitative estimate of drug-likeness (QED) is 0.282. The highest BCUT2D eigenvalue weighted by atomic mass is 14.9. The molecule has 0 heterocycles. The Morgan fingerprint density at radius 1 is 0.600 bits per heavy atom. The maximum Gasteiger partial charge on any atom is 0.0629 e. The first-order valence-corrected chi connectivity index (χ1v) is 12.2. The molecule has 0 bridgehead atoms. The highest BCUT2D eigenvalue weighted by molar-refractivity contribution is 5.87. The number of anilines is 1. The van der Waals surface area contributed by atoms with Gasteiger partial charge in [-0.1, -0.05) is 133 Å². The summed E-state index contributed by atoms with van der Waals surface area (Å²) >= 11 is 0. The van der Waals surface area contributed by atoms with Crippen molar-refractivity contribution in [1.29, 1.82) is 0 Å². The van der Waals surface area contributed by atoms with E-state index in [0.717, 1.165) is 5.69 Å². The number of nitrogens with one attached hydrogen (secondary N) is 1. The molecule has 0 radical (unpaired) electrons. The Morgan fingerprint density at radius 2 is 1.29 bits per heavy atom. The normalized spacial score (nSPS) is 16.7. The van der Waals surface area contributed by atoms with Gasteiger partial charge in [-0.15, -0.1) is 0 Å². The van der Waals surface area contributed by atoms with E-state index in [1.54, 1.807) is 0 Å². The van der Waals surface area contributed by atoms with Gasteiger partial charge in [-0.2, -0.15) is 0 Å². The molecule has 0 amide bonds. The van der Waals surface area contributed by atoms with E-state index in [9.17, 15) is 0 Å². The average Bonchev–Trinajstić information content (AvgIpc) is 2.93. The third kappa shape index (κ3) is 4.29. The number of hydrogen-bond donors (Lipinski definition) is 1. The Bertz CT molecular complexity index is 1510. The predicted molar refractivity (Wildman–Crippen MR) is 149 cm³/mol. The molecule has 5 aromatic carbocycles. The van der Waals surface area contributed by atoms with Gasteiger partial charge in [0.15, 0.2) is 0 Å². The number of hydrogen-bond acceptors (Lipinski definition) is 1. The van der Waals surface area contributed by atoms with Crippen molar-refractivity contribution in [2.24, 2.45) is 0 Å². The van der Waals surface area contributed by atoms with Crippen LogP contribution < -0.4 is 5.32 Å². The molecule has 1 heteroatoms. The SMILES string of the molecule is C1=Cc2ccccc2C(C(Nc2ccccc2)c2cccc3ccccc23)C1=Cc1ccccc1. The van der Waals surface area contributed by atoms with Crippen LogP contribution in [0.1, 0.15) is 34.2 Å². The lowest BCUT2D eigenvalue weighted by atomic mass is 9.75. The van der Waals surface area contributed by atoms with Crippen LogP contribution in [0.3, 0.4) is 0 Å². The fraction of sp³-hybridized carbons (Fsp3) is 0.0588. The molecule has 5 aromatic rings. The van der Waals surface area contributed by atoms with Crippen LogP contribution in [0.2, 0.25) is 0 Å². The third-order valence-electron chi connectivity index (χ3n) is 6.87. The zero-order valence-electron chi connectivity index (χ0n) is 19.5. The minimum absolute atomic E-state index is 0.0459. The van der Waals surface area contributed by atoms with Crippen molar-refractivity contribution in [3.63, 3.8) is 0 Å². The first-order chi connectivity index (χ1) is 17.4. The van der Waals surface area contributed by atoms with E-state index in [2.05, 4.69) is 151 Å². The summed E-state index contributed by atoms with van der Waals surface area (Å²) in [6.07, 6.45) is 6.88. The van der Waals surface area contributed by atoms with Crippen molar-refractivity contribution >= 4 is 28.6 Å². The zero-order valence-corrected chi connectivity index (χ0v) is 19.5. The van der Waals surface area contributed by atoms with E-state index in [1.165, 1.54) is 38.6 Å². The molecule has 1 N–H and O–H groups in total. The monoisotopic (exact) mass is 449 g/mol. The minimum atomic E-state index is 0.0459. The van der Waals surface area contributed by atoms with Gasteiger partial charge in [0.05, 0.1) is 6.04 Å². The predicted octanol–water partition coefficient (Wildman–Crippen LogP) is 8.89. The molecule has 2 atom stereocenters. The fourth-order valence-electron chi connectivity index (χ4n) is 5.24. The lowest BCUT2D eigenvalue weighted by Gasteiger charge is -2.34. The molecule has 168 valence electrons. The summed E-state index contributed by atoms with van der Waals surface area (Å²) in [6.45, 7) is 0. The molecule has 1 nitrogen and oxygen atoms in total. The number of fused-ring (bicyclic) bond motifs is 2. The summed E-state index contributed by atoms with van der Waals surface area (Å²) in [6, 6.07) is 45.4. The molecule has 0 saturated carbocycles. The van der Waals surface area contributed by atoms with Gasteiger partial charge in [0.25, 0.3) is 0 Å². The Morgan fingerprint density at radius 3 is 2.14 bits per heavy atom. The number of benzene rings is 5. The van der Waals surface area contributed by atoms with Gasteiger partial charge in [-0.25, -0.2) is 0 Å². The van der Waals surface area contributed by atoms with Gasteiger partial charge in [0.1, 0.15) is 0 Å². The fourth-order valence-corrected chi connectivity index (χ4v) is 5.24. The zero-order chi connectivity index (χ0) is 23.5. The molecule has 0 aromatic heterocycles. The Kier molecular flexibility index (Phi) is 5.74. The topological polar surface area (TPSA) is 12.0 Å². The summed E-state index contributed by atoms with van der Waals surface area (Å²) < 4.78 is 0. The molecule has 6 rings (SSSR count). The second-order valence-electron chi connectivity index (χ2n) is 9.05. The minimum Gasteiger partial charge on any atom is -0.377 e. The van der Waals surface area contributed by atoms with Crippen molar-refractivity contribution in [2.75, 3.05) is 5.32 Å². The summed E-state index contributed by atoms with van der Waals surface area (Å²) in [5, 5.41) is 6.49. The Balaban J connectivity index is 1.58. The van der Waals surface area contributed by atoms with E-state index in [1.807, 2.05) is 0 Å². The molecule has 1 aliphatic carbocycles. The summed E-state index contributed by atoms with van der Waals surface area (Å²) in [4.78, 5) is 0. The highest BCUT2D eigenvalue weighted by Gasteiger charge is 2.31. The van der Waals surface area contributed by atoms with Crippen molar-refractivity contribution in [3.05, 3.63) is 161 Å². The van der Waals surface area contributed by atoms with Gasteiger partial charge < -0.3 is 5.32 Å². The summed E-state index contributed by atoms with van der Waals surface area (Å²) in [5.41, 5.74) is 7.57. The van der Waals surface area contributed by atoms with Crippen LogP contribution in [0, 0.1) is 0 Å². The first-order valence-electron chi connectivity index (χ1n) is 12.2. The number of rotatable bonds is 5. The van der Waals surface area contributed by atoms with E-state index >= 15 is 0 Å². The van der Waals surface area contributed by atoms with Crippen molar-refractivity contribution in [1.82, 2.24) is 0 Å². The third-order valence-corrected chi connectivity index (χ3v) is 6.87. The van der Waals surface area contributed by atoms with Gasteiger partial charge in [0.2, 0.25) is 0 Å². The molecule has 2 unspecified atom stereocenters. The van der Waals surface area contributed by atoms with Crippen LogP contribution in [0.25, 0.3) is 22.9 Å². The summed E-state index contributed by atoms with van der Waals surface area (Å²) in [7, 11) is 0. The van der Waals surface area contributed by atoms with Crippen LogP contribution in [-0.2, 0) is 0 Å². The Labute approximate surface area is 207 Å². The second-order valence-corrected chi connectivity index (χ2v) is 9.05. The average molecular weight is 450 g/mol. The molecule has 35 heavy (non-hydrogen) atoms. The van der Waals surface area contributed by atoms with E-state index in [4.69, 9.17) is 0 Å². The van der Waals surface area contributed by atoms with Crippen molar-refractivity contribution < 1.29 is 0 Å². The lowest BCUT2D eigenvalue weighted by Crippen LogP contribution is -2.23. The number of para-hydroxylation sites is 1. The van der Waals surface area contributed by atoms with Crippen molar-refractivity contribution in [3.8, 4) is 0 Å². The molecule has 1 aliphatic rings. The van der Waals surface area contributed by atoms with Gasteiger partial charge >= 0.3 is 0 Å². The number of allylic oxidation sites excluding steroid dienone is 1. The molecule has 0 fully saturated rings. The molecule has 0 saturated heterocycles. The van der Waals surface area contributed by atoms with E-state index in [-0.39, 0.29) is 12.0 Å². The standard InChI is InChI=1S/C34H27N/c1-3-12-25(13-4-1)24-28-23-22-27-15-8-10-20-31(27)33(28)34(35-29-17-5-2-6-18-29)32-21-11-16-26-14-7-9-19-30(26)32/h1-24,33-35H. The maximum absolute atomic E-state index is 3.94. The van der Waals surface area contributed by atoms with Gasteiger partial charge in [-0.05, 0) is 50.7 Å². The summed E-state index contributed by atoms with van der Waals surface area (Å²) in [5.74, 6) is 0.141. The van der Waals surface area contributed by atoms with E-state index < -0.39 is 0 Å². The van der Waals surface area contributed by atoms with Crippen molar-refractivity contribution in [2.45, 2.75) is 12.0 Å². The van der Waals surface area contributed by atoms with Crippen LogP contribution in [-0.4, -0.2) is 0 Å². The van der Waals surface area contributed by atoms with Gasteiger partial charge in [-0.3, -0.25) is 0 Å². The van der Waals surface area contributed by atoms with Gasteiger partial charge in [0, 0.05) is 11.6 Å². The van der Waals surface area contributed by atoms with Crippen LogP contribution in [0.15, 0.2) is 139 Å². The lowest BCUT2D eigenvalue weighted by molar-refractivity contribution is 0.674. The van der Waals surface area contributed by atoms with E-state index in [0.29, 0.717) is 0 Å². The maximum atomic E-state index is 3.94. The first kappa shape index (κ1) is 21.2. The van der Waals surface area contributed by atoms with Crippen LogP contribution in [0.5, 0.6) is 0 Å². The highest BCUT2D eigenvalue weighted by Crippen LogP contribution is 2.46. The smallest absolute Gasteiger partial charge is 0.0629 e. The molecule has 0 spiro atoms. The Hall–Kier alpha value is -4.36. The van der Waals surface area contributed by atoms with Crippen LogP contribution >= 0.6 is 0 Å². The second kappa shape index (κ2) is 9.48. The molecule has 0 aliphatic heterocycles. The molecular weight excluding hydrogens is 422 g/mol. The molecular formula is C34H27N.